The van der Waals surface area contributed by atoms with Gasteiger partial charge >= 0.3 is 0 Å². The van der Waals surface area contributed by atoms with Gasteiger partial charge in [0.05, 0.1) is 6.04 Å². The minimum Gasteiger partial charge on any atom is -0.360 e. The second-order valence-corrected chi connectivity index (χ2v) is 6.54. The number of aromatic nitrogens is 1. The highest BCUT2D eigenvalue weighted by molar-refractivity contribution is 6.31. The van der Waals surface area contributed by atoms with Gasteiger partial charge in [-0.15, -0.1) is 12.4 Å². The SMILES string of the molecule is Cl.O=C(c1cc(C2CC2)on1)N1CCNCC1c1ccccc1Cl. The zero-order valence-electron chi connectivity index (χ0n) is 13.1. The maximum absolute atomic E-state index is 12.9. The van der Waals surface area contributed by atoms with Gasteiger partial charge in [-0.3, -0.25) is 4.79 Å². The third-order valence-electron chi connectivity index (χ3n) is 4.50. The number of rotatable bonds is 3. The number of hydrogen-bond acceptors (Lipinski definition) is 4. The van der Waals surface area contributed by atoms with Gasteiger partial charge in [-0.25, -0.2) is 0 Å². The lowest BCUT2D eigenvalue weighted by atomic mass is 10.0. The first-order valence-electron chi connectivity index (χ1n) is 7.97. The molecule has 1 atom stereocenters. The summed E-state index contributed by atoms with van der Waals surface area (Å²) in [4.78, 5) is 14.7. The lowest BCUT2D eigenvalue weighted by Gasteiger charge is -2.36. The molecule has 7 heteroatoms. The molecule has 1 saturated carbocycles. The minimum atomic E-state index is -0.0916. The molecule has 2 heterocycles. The van der Waals surface area contributed by atoms with Gasteiger partial charge in [0.2, 0.25) is 0 Å². The molecule has 2 aliphatic rings. The van der Waals surface area contributed by atoms with Crippen molar-refractivity contribution in [3.63, 3.8) is 0 Å². The van der Waals surface area contributed by atoms with E-state index in [-0.39, 0.29) is 24.4 Å². The Morgan fingerprint density at radius 2 is 2.12 bits per heavy atom. The van der Waals surface area contributed by atoms with Crippen molar-refractivity contribution in [3.8, 4) is 0 Å². The molecule has 128 valence electrons. The summed E-state index contributed by atoms with van der Waals surface area (Å²) in [6.45, 7) is 2.07. The molecule has 4 rings (SSSR count). The Hall–Kier alpha value is -1.56. The van der Waals surface area contributed by atoms with Gasteiger partial charge in [-0.05, 0) is 24.5 Å². The molecule has 0 bridgehead atoms. The quantitative estimate of drug-likeness (QED) is 0.902. The third-order valence-corrected chi connectivity index (χ3v) is 4.84. The van der Waals surface area contributed by atoms with Gasteiger partial charge in [0, 0.05) is 36.6 Å². The molecule has 1 amide bonds. The summed E-state index contributed by atoms with van der Waals surface area (Å²) < 4.78 is 5.33. The third kappa shape index (κ3) is 3.29. The number of carbonyl (C=O) groups excluding carboxylic acids is 1. The van der Waals surface area contributed by atoms with Gasteiger partial charge in [-0.1, -0.05) is 35.0 Å². The van der Waals surface area contributed by atoms with Crippen LogP contribution in [0.3, 0.4) is 0 Å². The number of piperazine rings is 1. The van der Waals surface area contributed by atoms with Crippen LogP contribution in [-0.4, -0.2) is 35.6 Å². The molecule has 2 aromatic rings. The molecule has 1 aromatic carbocycles. The molecule has 2 fully saturated rings. The van der Waals surface area contributed by atoms with Crippen LogP contribution in [0.5, 0.6) is 0 Å². The monoisotopic (exact) mass is 367 g/mol. The highest BCUT2D eigenvalue weighted by Crippen LogP contribution is 2.40. The fourth-order valence-electron chi connectivity index (χ4n) is 3.07. The largest absolute Gasteiger partial charge is 0.360 e. The average Bonchev–Trinajstić information content (AvgIpc) is 3.32. The van der Waals surface area contributed by atoms with Crippen LogP contribution in [0.15, 0.2) is 34.9 Å². The van der Waals surface area contributed by atoms with Crippen molar-refractivity contribution in [1.29, 1.82) is 0 Å². The van der Waals surface area contributed by atoms with E-state index in [1.807, 2.05) is 29.2 Å². The van der Waals surface area contributed by atoms with Crippen LogP contribution < -0.4 is 5.32 Å². The standard InChI is InChI=1S/C17H18ClN3O2.ClH/c18-13-4-2-1-3-12(13)15-10-19-7-8-21(15)17(22)14-9-16(23-20-14)11-5-6-11;/h1-4,9,11,15,19H,5-8,10H2;1H. The summed E-state index contributed by atoms with van der Waals surface area (Å²) in [6.07, 6.45) is 2.25. The van der Waals surface area contributed by atoms with Crippen LogP contribution in [0.4, 0.5) is 0 Å². The van der Waals surface area contributed by atoms with Gasteiger partial charge < -0.3 is 14.7 Å². The number of halogens is 2. The molecule has 1 unspecified atom stereocenters. The van der Waals surface area contributed by atoms with E-state index in [0.29, 0.717) is 29.7 Å². The predicted molar refractivity (Wildman–Crippen MR) is 93.8 cm³/mol. The maximum atomic E-state index is 12.9. The van der Waals surface area contributed by atoms with E-state index in [4.69, 9.17) is 16.1 Å². The number of benzene rings is 1. The highest BCUT2D eigenvalue weighted by atomic mass is 35.5. The molecule has 0 spiro atoms. The minimum absolute atomic E-state index is 0. The molecule has 1 saturated heterocycles. The van der Waals surface area contributed by atoms with Crippen LogP contribution in [-0.2, 0) is 0 Å². The van der Waals surface area contributed by atoms with Crippen molar-refractivity contribution >= 4 is 29.9 Å². The van der Waals surface area contributed by atoms with E-state index in [9.17, 15) is 4.79 Å². The lowest BCUT2D eigenvalue weighted by Crippen LogP contribution is -2.48. The average molecular weight is 368 g/mol. The van der Waals surface area contributed by atoms with Crippen molar-refractivity contribution < 1.29 is 9.32 Å². The summed E-state index contributed by atoms with van der Waals surface area (Å²) in [5, 5.41) is 8.00. The summed E-state index contributed by atoms with van der Waals surface area (Å²) in [6, 6.07) is 9.37. The molecule has 1 aliphatic heterocycles. The number of nitrogens with one attached hydrogen (secondary N) is 1. The molecule has 1 aromatic heterocycles. The summed E-state index contributed by atoms with van der Waals surface area (Å²) in [5.41, 5.74) is 1.35. The Labute approximate surface area is 151 Å². The van der Waals surface area contributed by atoms with E-state index >= 15 is 0 Å². The fourth-order valence-corrected chi connectivity index (χ4v) is 3.33. The molecule has 24 heavy (non-hydrogen) atoms. The topological polar surface area (TPSA) is 58.4 Å². The molecule has 1 aliphatic carbocycles. The summed E-state index contributed by atoms with van der Waals surface area (Å²) in [5.74, 6) is 1.19. The first kappa shape index (κ1) is 17.3. The van der Waals surface area contributed by atoms with E-state index in [0.717, 1.165) is 30.7 Å². The molecular formula is C17H19Cl2N3O2. The second kappa shape index (κ2) is 7.13. The van der Waals surface area contributed by atoms with Crippen molar-refractivity contribution in [2.24, 2.45) is 0 Å². The Morgan fingerprint density at radius 3 is 2.88 bits per heavy atom. The van der Waals surface area contributed by atoms with Crippen molar-refractivity contribution in [1.82, 2.24) is 15.4 Å². The molecule has 5 nitrogen and oxygen atoms in total. The Balaban J connectivity index is 0.00000169. The fraction of sp³-hybridized carbons (Fsp3) is 0.412. The normalized spacial score (nSPS) is 20.5. The van der Waals surface area contributed by atoms with Crippen LogP contribution in [0, 0.1) is 0 Å². The second-order valence-electron chi connectivity index (χ2n) is 6.13. The molecule has 0 radical (unpaired) electrons. The summed E-state index contributed by atoms with van der Waals surface area (Å²) in [7, 11) is 0. The van der Waals surface area contributed by atoms with Gasteiger partial charge in [-0.2, -0.15) is 0 Å². The Morgan fingerprint density at radius 1 is 1.33 bits per heavy atom. The number of hydrogen-bond donors (Lipinski definition) is 1. The zero-order chi connectivity index (χ0) is 15.8. The number of nitrogens with zero attached hydrogens (tertiary/aromatic N) is 2. The smallest absolute Gasteiger partial charge is 0.276 e. The molecule has 1 N–H and O–H groups in total. The Bertz CT molecular complexity index is 730. The highest BCUT2D eigenvalue weighted by Gasteiger charge is 2.33. The van der Waals surface area contributed by atoms with Crippen LogP contribution in [0.2, 0.25) is 5.02 Å². The first-order chi connectivity index (χ1) is 11.2. The summed E-state index contributed by atoms with van der Waals surface area (Å²) >= 11 is 6.33. The van der Waals surface area contributed by atoms with Gasteiger partial charge in [0.25, 0.3) is 5.91 Å². The number of carbonyl (C=O) groups is 1. The zero-order valence-corrected chi connectivity index (χ0v) is 14.6. The van der Waals surface area contributed by atoms with Crippen LogP contribution >= 0.6 is 24.0 Å². The Kier molecular flexibility index (Phi) is 5.13. The maximum Gasteiger partial charge on any atom is 0.276 e. The van der Waals surface area contributed by atoms with Crippen molar-refractivity contribution in [3.05, 3.63) is 52.4 Å². The van der Waals surface area contributed by atoms with Gasteiger partial charge in [0.15, 0.2) is 5.69 Å². The van der Waals surface area contributed by atoms with Crippen molar-refractivity contribution in [2.75, 3.05) is 19.6 Å². The molecular weight excluding hydrogens is 349 g/mol. The van der Waals surface area contributed by atoms with Crippen LogP contribution in [0.25, 0.3) is 0 Å². The van der Waals surface area contributed by atoms with Crippen LogP contribution in [0.1, 0.15) is 46.6 Å². The van der Waals surface area contributed by atoms with Crippen molar-refractivity contribution in [2.45, 2.75) is 24.8 Å². The number of amides is 1. The lowest BCUT2D eigenvalue weighted by molar-refractivity contribution is 0.0624. The predicted octanol–water partition coefficient (Wildman–Crippen LogP) is 3.41. The van der Waals surface area contributed by atoms with E-state index in [1.165, 1.54) is 0 Å². The van der Waals surface area contributed by atoms with Gasteiger partial charge in [0.1, 0.15) is 5.76 Å². The van der Waals surface area contributed by atoms with E-state index in [2.05, 4.69) is 10.5 Å². The van der Waals surface area contributed by atoms with E-state index < -0.39 is 0 Å². The first-order valence-corrected chi connectivity index (χ1v) is 8.34. The van der Waals surface area contributed by atoms with E-state index in [1.54, 1.807) is 6.07 Å².